The number of carbonyl (C=O) groups is 1. The Bertz CT molecular complexity index is 336. The molecule has 1 saturated heterocycles. The van der Waals surface area contributed by atoms with Crippen molar-refractivity contribution in [1.29, 1.82) is 0 Å². The van der Waals surface area contributed by atoms with Gasteiger partial charge in [0.15, 0.2) is 0 Å². The van der Waals surface area contributed by atoms with E-state index in [2.05, 4.69) is 0 Å². The van der Waals surface area contributed by atoms with Crippen LogP contribution in [0.1, 0.15) is 12.0 Å². The van der Waals surface area contributed by atoms with Gasteiger partial charge in [0.25, 0.3) is 0 Å². The van der Waals surface area contributed by atoms with E-state index >= 15 is 0 Å². The molecule has 3 nitrogen and oxygen atoms in total. The predicted molar refractivity (Wildman–Crippen MR) is 52.6 cm³/mol. The van der Waals surface area contributed by atoms with Gasteiger partial charge < -0.3 is 10.5 Å². The van der Waals surface area contributed by atoms with Gasteiger partial charge in [0.1, 0.15) is 5.54 Å². The lowest BCUT2D eigenvalue weighted by Crippen LogP contribution is -2.46. The van der Waals surface area contributed by atoms with E-state index < -0.39 is 5.54 Å². The summed E-state index contributed by atoms with van der Waals surface area (Å²) < 4.78 is 4.88. The van der Waals surface area contributed by atoms with Crippen molar-refractivity contribution in [3.63, 3.8) is 0 Å². The number of ether oxygens (including phenoxy) is 1. The highest BCUT2D eigenvalue weighted by atomic mass is 16.5. The molecule has 1 aliphatic rings. The zero-order valence-electron chi connectivity index (χ0n) is 7.90. The summed E-state index contributed by atoms with van der Waals surface area (Å²) in [4.78, 5) is 11.4. The van der Waals surface area contributed by atoms with Crippen molar-refractivity contribution in [2.45, 2.75) is 18.4 Å². The van der Waals surface area contributed by atoms with E-state index in [0.717, 1.165) is 5.56 Å². The molecule has 1 aliphatic heterocycles. The number of nitrogens with two attached hydrogens (primary N) is 1. The predicted octanol–water partition coefficient (Wildman–Crippen LogP) is 0.873. The summed E-state index contributed by atoms with van der Waals surface area (Å²) >= 11 is 0. The molecule has 1 aromatic carbocycles. The molecule has 1 heterocycles. The fourth-order valence-electron chi connectivity index (χ4n) is 1.69. The van der Waals surface area contributed by atoms with Gasteiger partial charge in [-0.1, -0.05) is 30.3 Å². The summed E-state index contributed by atoms with van der Waals surface area (Å²) in [6, 6.07) is 9.78. The molecular weight excluding hydrogens is 178 g/mol. The second-order valence-corrected chi connectivity index (χ2v) is 3.70. The monoisotopic (exact) mass is 191 g/mol. The average Bonchev–Trinajstić information content (AvgIpc) is 2.48. The van der Waals surface area contributed by atoms with Crippen LogP contribution in [0, 0.1) is 0 Å². The smallest absolute Gasteiger partial charge is 0.326 e. The van der Waals surface area contributed by atoms with E-state index in [0.29, 0.717) is 19.4 Å². The first-order valence-corrected chi connectivity index (χ1v) is 4.71. The minimum Gasteiger partial charge on any atom is -0.464 e. The minimum atomic E-state index is -0.804. The quantitative estimate of drug-likeness (QED) is 0.706. The van der Waals surface area contributed by atoms with Crippen LogP contribution < -0.4 is 5.73 Å². The van der Waals surface area contributed by atoms with E-state index in [4.69, 9.17) is 10.5 Å². The topological polar surface area (TPSA) is 52.3 Å². The van der Waals surface area contributed by atoms with E-state index in [1.807, 2.05) is 30.3 Å². The normalized spacial score (nSPS) is 26.2. The van der Waals surface area contributed by atoms with Crippen molar-refractivity contribution in [3.8, 4) is 0 Å². The van der Waals surface area contributed by atoms with Gasteiger partial charge in [-0.2, -0.15) is 0 Å². The highest BCUT2D eigenvalue weighted by molar-refractivity contribution is 5.82. The van der Waals surface area contributed by atoms with E-state index in [9.17, 15) is 4.79 Å². The van der Waals surface area contributed by atoms with Gasteiger partial charge in [0.2, 0.25) is 0 Å². The molecule has 3 heteroatoms. The Morgan fingerprint density at radius 3 is 2.64 bits per heavy atom. The summed E-state index contributed by atoms with van der Waals surface area (Å²) in [5, 5.41) is 0. The molecular formula is C11H13NO2. The van der Waals surface area contributed by atoms with Crippen molar-refractivity contribution >= 4 is 5.97 Å². The van der Waals surface area contributed by atoms with Gasteiger partial charge in [0, 0.05) is 12.8 Å². The molecule has 74 valence electrons. The first-order chi connectivity index (χ1) is 6.71. The molecule has 0 saturated carbocycles. The van der Waals surface area contributed by atoms with Crippen LogP contribution >= 0.6 is 0 Å². The van der Waals surface area contributed by atoms with Crippen molar-refractivity contribution in [2.75, 3.05) is 6.61 Å². The number of carbonyl (C=O) groups excluding carboxylic acids is 1. The molecule has 14 heavy (non-hydrogen) atoms. The van der Waals surface area contributed by atoms with Crippen LogP contribution in [-0.4, -0.2) is 18.1 Å². The summed E-state index contributed by atoms with van der Waals surface area (Å²) in [5.41, 5.74) is 6.23. The van der Waals surface area contributed by atoms with Gasteiger partial charge >= 0.3 is 5.97 Å². The van der Waals surface area contributed by atoms with Crippen molar-refractivity contribution in [2.24, 2.45) is 5.73 Å². The molecule has 0 spiro atoms. The summed E-state index contributed by atoms with van der Waals surface area (Å²) in [7, 11) is 0. The van der Waals surface area contributed by atoms with E-state index in [1.165, 1.54) is 0 Å². The first-order valence-electron chi connectivity index (χ1n) is 4.71. The Morgan fingerprint density at radius 2 is 2.07 bits per heavy atom. The highest BCUT2D eigenvalue weighted by Gasteiger charge is 2.40. The van der Waals surface area contributed by atoms with Gasteiger partial charge in [-0.25, -0.2) is 0 Å². The number of rotatable bonds is 2. The molecule has 0 unspecified atom stereocenters. The van der Waals surface area contributed by atoms with Gasteiger partial charge in [-0.3, -0.25) is 4.79 Å². The lowest BCUT2D eigenvalue weighted by molar-refractivity contribution is -0.142. The highest BCUT2D eigenvalue weighted by Crippen LogP contribution is 2.21. The molecule has 2 rings (SSSR count). The average molecular weight is 191 g/mol. The number of esters is 1. The second-order valence-electron chi connectivity index (χ2n) is 3.70. The number of cyclic esters (lactones) is 1. The van der Waals surface area contributed by atoms with E-state index in [1.54, 1.807) is 0 Å². The van der Waals surface area contributed by atoms with E-state index in [-0.39, 0.29) is 5.97 Å². The maximum atomic E-state index is 11.4. The zero-order valence-corrected chi connectivity index (χ0v) is 7.90. The molecule has 0 radical (unpaired) electrons. The minimum absolute atomic E-state index is 0.277. The number of hydrogen-bond donors (Lipinski definition) is 1. The van der Waals surface area contributed by atoms with Crippen LogP contribution in [0.2, 0.25) is 0 Å². The molecule has 1 atom stereocenters. The van der Waals surface area contributed by atoms with Crippen LogP contribution in [0.3, 0.4) is 0 Å². The maximum absolute atomic E-state index is 11.4. The van der Waals surface area contributed by atoms with Gasteiger partial charge in [-0.15, -0.1) is 0 Å². The summed E-state index contributed by atoms with van der Waals surface area (Å²) in [5.74, 6) is -0.277. The first kappa shape index (κ1) is 9.21. The Hall–Kier alpha value is -1.35. The third-order valence-electron chi connectivity index (χ3n) is 2.55. The molecule has 1 fully saturated rings. The molecule has 1 aromatic rings. The molecule has 0 aromatic heterocycles. The van der Waals surface area contributed by atoms with Crippen LogP contribution in [0.4, 0.5) is 0 Å². The molecule has 0 amide bonds. The molecule has 0 aliphatic carbocycles. The van der Waals surface area contributed by atoms with Gasteiger partial charge in [0.05, 0.1) is 6.61 Å². The number of hydrogen-bond acceptors (Lipinski definition) is 3. The van der Waals surface area contributed by atoms with Crippen LogP contribution in [-0.2, 0) is 16.0 Å². The zero-order chi connectivity index (χ0) is 10.0. The maximum Gasteiger partial charge on any atom is 0.326 e. The SMILES string of the molecule is N[C@@]1(Cc2ccccc2)CCOC1=O. The van der Waals surface area contributed by atoms with Gasteiger partial charge in [-0.05, 0) is 5.56 Å². The summed E-state index contributed by atoms with van der Waals surface area (Å²) in [6.07, 6.45) is 1.17. The summed E-state index contributed by atoms with van der Waals surface area (Å²) in [6.45, 7) is 0.447. The third kappa shape index (κ3) is 1.63. The van der Waals surface area contributed by atoms with Crippen molar-refractivity contribution in [3.05, 3.63) is 35.9 Å². The Kier molecular flexibility index (Phi) is 2.25. The molecule has 0 bridgehead atoms. The fraction of sp³-hybridized carbons (Fsp3) is 0.364. The van der Waals surface area contributed by atoms with Crippen LogP contribution in [0.5, 0.6) is 0 Å². The largest absolute Gasteiger partial charge is 0.464 e. The fourth-order valence-corrected chi connectivity index (χ4v) is 1.69. The lowest BCUT2D eigenvalue weighted by Gasteiger charge is -2.18. The Labute approximate surface area is 82.9 Å². The molecule has 2 N–H and O–H groups in total. The number of benzene rings is 1. The Morgan fingerprint density at radius 1 is 1.36 bits per heavy atom. The standard InChI is InChI=1S/C11H13NO2/c12-11(6-7-14-10(11)13)8-9-4-2-1-3-5-9/h1-5H,6-8,12H2/t11-/m1/s1. The van der Waals surface area contributed by atoms with Crippen LogP contribution in [0.25, 0.3) is 0 Å². The van der Waals surface area contributed by atoms with Crippen molar-refractivity contribution < 1.29 is 9.53 Å². The van der Waals surface area contributed by atoms with Crippen LogP contribution in [0.15, 0.2) is 30.3 Å². The third-order valence-corrected chi connectivity index (χ3v) is 2.55. The lowest BCUT2D eigenvalue weighted by atomic mass is 9.91. The Balaban J connectivity index is 2.14. The second kappa shape index (κ2) is 3.42. The van der Waals surface area contributed by atoms with Crippen molar-refractivity contribution in [1.82, 2.24) is 0 Å².